The van der Waals surface area contributed by atoms with Crippen LogP contribution in [0.4, 0.5) is 0 Å². The van der Waals surface area contributed by atoms with Crippen molar-refractivity contribution < 1.29 is 9.53 Å². The van der Waals surface area contributed by atoms with Crippen LogP contribution in [0.5, 0.6) is 0 Å². The average molecular weight is 258 g/mol. The zero-order chi connectivity index (χ0) is 13.4. The maximum Gasteiger partial charge on any atom is 0.309 e. The van der Waals surface area contributed by atoms with Gasteiger partial charge in [-0.05, 0) is 30.5 Å². The summed E-state index contributed by atoms with van der Waals surface area (Å²) in [5.41, 5.74) is 3.07. The third-order valence-electron chi connectivity index (χ3n) is 4.03. The molecule has 4 nitrogen and oxygen atoms in total. The fourth-order valence-corrected chi connectivity index (χ4v) is 2.64. The van der Waals surface area contributed by atoms with E-state index in [-0.39, 0.29) is 5.97 Å². The molecule has 19 heavy (non-hydrogen) atoms. The Kier molecular flexibility index (Phi) is 3.01. The number of hydrogen-bond acceptors (Lipinski definition) is 3. The van der Waals surface area contributed by atoms with Gasteiger partial charge in [-0.25, -0.2) is 4.98 Å². The normalized spacial score (nSPS) is 15.5. The van der Waals surface area contributed by atoms with Crippen molar-refractivity contribution in [2.24, 2.45) is 7.05 Å². The Morgan fingerprint density at radius 2 is 2.26 bits per heavy atom. The van der Waals surface area contributed by atoms with Crippen LogP contribution in [-0.4, -0.2) is 22.6 Å². The SMILES string of the molecule is COC(=O)Cc1ccc2c(c1)nc(C1CCC1)n2C. The number of carbonyl (C=O) groups is 1. The first-order chi connectivity index (χ1) is 9.19. The smallest absolute Gasteiger partial charge is 0.309 e. The van der Waals surface area contributed by atoms with Crippen LogP contribution in [0.1, 0.15) is 36.6 Å². The zero-order valence-electron chi connectivity index (χ0n) is 11.3. The van der Waals surface area contributed by atoms with E-state index in [2.05, 4.69) is 11.6 Å². The van der Waals surface area contributed by atoms with E-state index in [0.29, 0.717) is 12.3 Å². The third kappa shape index (κ3) is 2.11. The number of ether oxygens (including phenoxy) is 1. The van der Waals surface area contributed by atoms with Gasteiger partial charge in [0.05, 0.1) is 24.6 Å². The lowest BCUT2D eigenvalue weighted by Gasteiger charge is -2.24. The molecule has 0 amide bonds. The van der Waals surface area contributed by atoms with Crippen molar-refractivity contribution in [1.82, 2.24) is 9.55 Å². The molecule has 1 aromatic carbocycles. The van der Waals surface area contributed by atoms with Gasteiger partial charge in [0.1, 0.15) is 5.82 Å². The Labute approximate surface area is 112 Å². The minimum Gasteiger partial charge on any atom is -0.469 e. The van der Waals surface area contributed by atoms with Gasteiger partial charge in [-0.3, -0.25) is 4.79 Å². The lowest BCUT2D eigenvalue weighted by molar-refractivity contribution is -0.139. The summed E-state index contributed by atoms with van der Waals surface area (Å²) in [5, 5.41) is 0. The molecule has 100 valence electrons. The van der Waals surface area contributed by atoms with Crippen LogP contribution in [0.2, 0.25) is 0 Å². The number of rotatable bonds is 3. The summed E-state index contributed by atoms with van der Waals surface area (Å²) in [5.74, 6) is 1.58. The lowest BCUT2D eigenvalue weighted by Crippen LogP contribution is -2.13. The molecule has 1 aliphatic carbocycles. The van der Waals surface area contributed by atoms with Crippen molar-refractivity contribution in [3.63, 3.8) is 0 Å². The van der Waals surface area contributed by atoms with Crippen molar-refractivity contribution >= 4 is 17.0 Å². The van der Waals surface area contributed by atoms with Crippen molar-refractivity contribution in [3.8, 4) is 0 Å². The van der Waals surface area contributed by atoms with Gasteiger partial charge in [-0.1, -0.05) is 12.5 Å². The van der Waals surface area contributed by atoms with Gasteiger partial charge < -0.3 is 9.30 Å². The molecule has 0 aliphatic heterocycles. The molecule has 0 spiro atoms. The second kappa shape index (κ2) is 4.68. The second-order valence-electron chi connectivity index (χ2n) is 5.23. The van der Waals surface area contributed by atoms with Crippen LogP contribution in [0.3, 0.4) is 0 Å². The molecule has 0 N–H and O–H groups in total. The predicted molar refractivity (Wildman–Crippen MR) is 73.0 cm³/mol. The van der Waals surface area contributed by atoms with Gasteiger partial charge in [-0.2, -0.15) is 0 Å². The third-order valence-corrected chi connectivity index (χ3v) is 4.03. The van der Waals surface area contributed by atoms with E-state index >= 15 is 0 Å². The number of imidazole rings is 1. The maximum absolute atomic E-state index is 11.3. The number of esters is 1. The number of hydrogen-bond donors (Lipinski definition) is 0. The molecule has 0 bridgehead atoms. The predicted octanol–water partition coefficient (Wildman–Crippen LogP) is 2.56. The number of methoxy groups -OCH3 is 1. The molecule has 0 saturated heterocycles. The van der Waals surface area contributed by atoms with Gasteiger partial charge >= 0.3 is 5.97 Å². The molecule has 4 heteroatoms. The molecule has 0 radical (unpaired) electrons. The van der Waals surface area contributed by atoms with E-state index in [0.717, 1.165) is 16.6 Å². The van der Waals surface area contributed by atoms with Crippen LogP contribution in [0.15, 0.2) is 18.2 Å². The van der Waals surface area contributed by atoms with Gasteiger partial charge in [0.25, 0.3) is 0 Å². The summed E-state index contributed by atoms with van der Waals surface area (Å²) in [6, 6.07) is 6.02. The van der Waals surface area contributed by atoms with Gasteiger partial charge in [0.2, 0.25) is 0 Å². The summed E-state index contributed by atoms with van der Waals surface area (Å²) in [6.45, 7) is 0. The van der Waals surface area contributed by atoms with Crippen LogP contribution >= 0.6 is 0 Å². The molecule has 0 atom stereocenters. The number of aromatic nitrogens is 2. The highest BCUT2D eigenvalue weighted by Crippen LogP contribution is 2.36. The van der Waals surface area contributed by atoms with Crippen LogP contribution in [0.25, 0.3) is 11.0 Å². The van der Waals surface area contributed by atoms with E-state index in [1.807, 2.05) is 18.2 Å². The molecule has 1 aromatic heterocycles. The van der Waals surface area contributed by atoms with Crippen molar-refractivity contribution in [2.75, 3.05) is 7.11 Å². The summed E-state index contributed by atoms with van der Waals surface area (Å²) < 4.78 is 6.88. The number of aryl methyl sites for hydroxylation is 1. The second-order valence-corrected chi connectivity index (χ2v) is 5.23. The summed E-state index contributed by atoms with van der Waals surface area (Å²) >= 11 is 0. The van der Waals surface area contributed by atoms with E-state index in [1.165, 1.54) is 32.2 Å². The Bertz CT molecular complexity index is 626. The summed E-state index contributed by atoms with van der Waals surface area (Å²) in [7, 11) is 3.49. The topological polar surface area (TPSA) is 44.1 Å². The van der Waals surface area contributed by atoms with Crippen molar-refractivity contribution in [2.45, 2.75) is 31.6 Å². The molecule has 3 rings (SSSR count). The minimum absolute atomic E-state index is 0.213. The number of carbonyl (C=O) groups excluding carboxylic acids is 1. The highest BCUT2D eigenvalue weighted by molar-refractivity contribution is 5.79. The first-order valence-electron chi connectivity index (χ1n) is 6.71. The Morgan fingerprint density at radius 3 is 2.89 bits per heavy atom. The highest BCUT2D eigenvalue weighted by atomic mass is 16.5. The quantitative estimate of drug-likeness (QED) is 0.795. The molecule has 1 heterocycles. The zero-order valence-corrected chi connectivity index (χ0v) is 11.3. The standard InChI is InChI=1S/C15H18N2O2/c1-17-13-7-6-10(9-14(18)19-2)8-12(13)16-15(17)11-4-3-5-11/h6-8,11H,3-5,9H2,1-2H3. The number of fused-ring (bicyclic) bond motifs is 1. The van der Waals surface area contributed by atoms with E-state index in [1.54, 1.807) is 0 Å². The monoisotopic (exact) mass is 258 g/mol. The van der Waals surface area contributed by atoms with Crippen LogP contribution < -0.4 is 0 Å². The first-order valence-corrected chi connectivity index (χ1v) is 6.71. The summed E-state index contributed by atoms with van der Waals surface area (Å²) in [6.07, 6.45) is 4.10. The Hall–Kier alpha value is -1.84. The molecule has 1 saturated carbocycles. The summed E-state index contributed by atoms with van der Waals surface area (Å²) in [4.78, 5) is 16.0. The Balaban J connectivity index is 1.96. The largest absolute Gasteiger partial charge is 0.469 e. The molecule has 0 unspecified atom stereocenters. The van der Waals surface area contributed by atoms with Gasteiger partial charge in [-0.15, -0.1) is 0 Å². The van der Waals surface area contributed by atoms with Crippen LogP contribution in [0, 0.1) is 0 Å². The average Bonchev–Trinajstić information content (AvgIpc) is 2.64. The fraction of sp³-hybridized carbons (Fsp3) is 0.467. The van der Waals surface area contributed by atoms with E-state index in [4.69, 9.17) is 9.72 Å². The molecule has 1 aliphatic rings. The van der Waals surface area contributed by atoms with E-state index < -0.39 is 0 Å². The maximum atomic E-state index is 11.3. The van der Waals surface area contributed by atoms with E-state index in [9.17, 15) is 4.79 Å². The molecule has 2 aromatic rings. The van der Waals surface area contributed by atoms with Crippen molar-refractivity contribution in [3.05, 3.63) is 29.6 Å². The van der Waals surface area contributed by atoms with Gasteiger partial charge in [0, 0.05) is 13.0 Å². The molecular formula is C15H18N2O2. The highest BCUT2D eigenvalue weighted by Gasteiger charge is 2.24. The van der Waals surface area contributed by atoms with Crippen LogP contribution in [-0.2, 0) is 23.0 Å². The minimum atomic E-state index is -0.213. The van der Waals surface area contributed by atoms with Gasteiger partial charge in [0.15, 0.2) is 0 Å². The Morgan fingerprint density at radius 1 is 1.47 bits per heavy atom. The fourth-order valence-electron chi connectivity index (χ4n) is 2.64. The lowest BCUT2D eigenvalue weighted by atomic mass is 9.85. The number of benzene rings is 1. The number of nitrogens with zero attached hydrogens (tertiary/aromatic N) is 2. The van der Waals surface area contributed by atoms with Crippen molar-refractivity contribution in [1.29, 1.82) is 0 Å². The molecular weight excluding hydrogens is 240 g/mol. The molecule has 1 fully saturated rings. The first kappa shape index (κ1) is 12.2.